The van der Waals surface area contributed by atoms with E-state index in [9.17, 15) is 4.79 Å². The number of halogens is 2. The number of benzene rings is 1. The van der Waals surface area contributed by atoms with E-state index in [2.05, 4.69) is 5.32 Å². The molecule has 0 aliphatic heterocycles. The minimum atomic E-state index is -0.0253. The van der Waals surface area contributed by atoms with E-state index < -0.39 is 0 Å². The molecule has 1 unspecified atom stereocenters. The molecule has 0 saturated carbocycles. The van der Waals surface area contributed by atoms with Gasteiger partial charge in [0.1, 0.15) is 0 Å². The second-order valence-electron chi connectivity index (χ2n) is 3.98. The van der Waals surface area contributed by atoms with E-state index in [1.54, 1.807) is 6.07 Å². The highest BCUT2D eigenvalue weighted by molar-refractivity contribution is 6.31. The molecule has 0 radical (unpaired) electrons. The number of hydrogen-bond acceptors (Lipinski definition) is 2. The first kappa shape index (κ1) is 16.2. The molecule has 0 heterocycles. The van der Waals surface area contributed by atoms with E-state index in [1.165, 1.54) is 0 Å². The zero-order chi connectivity index (χ0) is 12.1. The SMILES string of the molecule is Cc1c(Cl)cccc1NC(=O)CCC(C)N.Cl. The summed E-state index contributed by atoms with van der Waals surface area (Å²) in [5.74, 6) is -0.0253. The standard InChI is InChI=1S/C12H17ClN2O.ClH/c1-8(14)6-7-12(16)15-11-5-3-4-10(13)9(11)2;/h3-5,8H,6-7,14H2,1-2H3,(H,15,16);1H. The van der Waals surface area contributed by atoms with Crippen LogP contribution in [-0.2, 0) is 4.79 Å². The lowest BCUT2D eigenvalue weighted by Gasteiger charge is -2.10. The highest BCUT2D eigenvalue weighted by atomic mass is 35.5. The van der Waals surface area contributed by atoms with Crippen LogP contribution in [0, 0.1) is 6.92 Å². The Bertz CT molecular complexity index is 381. The van der Waals surface area contributed by atoms with Crippen LogP contribution in [0.4, 0.5) is 5.69 Å². The molecule has 0 aromatic heterocycles. The summed E-state index contributed by atoms with van der Waals surface area (Å²) in [6, 6.07) is 5.50. The van der Waals surface area contributed by atoms with Gasteiger partial charge in [-0.2, -0.15) is 0 Å². The van der Waals surface area contributed by atoms with Gasteiger partial charge in [-0.05, 0) is 38.0 Å². The van der Waals surface area contributed by atoms with E-state index in [1.807, 2.05) is 26.0 Å². The molecule has 0 spiro atoms. The maximum Gasteiger partial charge on any atom is 0.224 e. The molecule has 3 nitrogen and oxygen atoms in total. The fourth-order valence-corrected chi connectivity index (χ4v) is 1.49. The average Bonchev–Trinajstić information content (AvgIpc) is 2.22. The smallest absolute Gasteiger partial charge is 0.224 e. The average molecular weight is 277 g/mol. The number of nitrogens with one attached hydrogen (secondary N) is 1. The summed E-state index contributed by atoms with van der Waals surface area (Å²) in [5, 5.41) is 3.48. The first-order valence-electron chi connectivity index (χ1n) is 5.31. The van der Waals surface area contributed by atoms with E-state index >= 15 is 0 Å². The lowest BCUT2D eigenvalue weighted by molar-refractivity contribution is -0.116. The van der Waals surface area contributed by atoms with Gasteiger partial charge >= 0.3 is 0 Å². The van der Waals surface area contributed by atoms with Crippen molar-refractivity contribution in [2.45, 2.75) is 32.7 Å². The Hall–Kier alpha value is -0.770. The Balaban J connectivity index is 0.00000256. The lowest BCUT2D eigenvalue weighted by atomic mass is 10.1. The number of rotatable bonds is 4. The monoisotopic (exact) mass is 276 g/mol. The van der Waals surface area contributed by atoms with Crippen LogP contribution in [0.1, 0.15) is 25.3 Å². The van der Waals surface area contributed by atoms with Crippen LogP contribution < -0.4 is 11.1 Å². The maximum atomic E-state index is 11.6. The van der Waals surface area contributed by atoms with Crippen molar-refractivity contribution < 1.29 is 4.79 Å². The van der Waals surface area contributed by atoms with Gasteiger partial charge in [-0.3, -0.25) is 4.79 Å². The van der Waals surface area contributed by atoms with Crippen molar-refractivity contribution in [3.05, 3.63) is 28.8 Å². The van der Waals surface area contributed by atoms with E-state index in [0.717, 1.165) is 11.3 Å². The number of amides is 1. The van der Waals surface area contributed by atoms with Crippen molar-refractivity contribution in [2.75, 3.05) is 5.32 Å². The van der Waals surface area contributed by atoms with Crippen LogP contribution in [0.3, 0.4) is 0 Å². The molecule has 1 aromatic rings. The van der Waals surface area contributed by atoms with Crippen LogP contribution >= 0.6 is 24.0 Å². The van der Waals surface area contributed by atoms with Gasteiger partial charge in [0.25, 0.3) is 0 Å². The van der Waals surface area contributed by atoms with Gasteiger partial charge in [-0.25, -0.2) is 0 Å². The second kappa shape index (κ2) is 7.54. The minimum Gasteiger partial charge on any atom is -0.328 e. The van der Waals surface area contributed by atoms with Crippen molar-refractivity contribution in [1.29, 1.82) is 0 Å². The Morgan fingerprint density at radius 1 is 1.53 bits per heavy atom. The molecule has 0 aliphatic rings. The zero-order valence-electron chi connectivity index (χ0n) is 10.00. The van der Waals surface area contributed by atoms with Gasteiger partial charge in [0, 0.05) is 23.2 Å². The molecule has 96 valence electrons. The number of carbonyl (C=O) groups is 1. The summed E-state index contributed by atoms with van der Waals surface area (Å²) in [4.78, 5) is 11.6. The van der Waals surface area contributed by atoms with Gasteiger partial charge in [-0.15, -0.1) is 12.4 Å². The molecule has 5 heteroatoms. The number of nitrogens with two attached hydrogens (primary N) is 1. The molecule has 0 fully saturated rings. The van der Waals surface area contributed by atoms with Crippen molar-refractivity contribution in [2.24, 2.45) is 5.73 Å². The Morgan fingerprint density at radius 2 is 2.18 bits per heavy atom. The quantitative estimate of drug-likeness (QED) is 0.888. The second-order valence-corrected chi connectivity index (χ2v) is 4.38. The molecule has 0 saturated heterocycles. The van der Waals surface area contributed by atoms with Gasteiger partial charge in [0.05, 0.1) is 0 Å². The largest absolute Gasteiger partial charge is 0.328 e. The number of hydrogen-bond donors (Lipinski definition) is 2. The van der Waals surface area contributed by atoms with Crippen molar-refractivity contribution >= 4 is 35.6 Å². The summed E-state index contributed by atoms with van der Waals surface area (Å²) >= 11 is 5.95. The lowest BCUT2D eigenvalue weighted by Crippen LogP contribution is -2.19. The molecule has 1 aromatic carbocycles. The van der Waals surface area contributed by atoms with Crippen LogP contribution in [0.5, 0.6) is 0 Å². The molecular weight excluding hydrogens is 259 g/mol. The van der Waals surface area contributed by atoms with Gasteiger partial charge < -0.3 is 11.1 Å². The van der Waals surface area contributed by atoms with Crippen molar-refractivity contribution in [1.82, 2.24) is 0 Å². The van der Waals surface area contributed by atoms with Crippen LogP contribution in [0.15, 0.2) is 18.2 Å². The molecule has 1 rings (SSSR count). The Labute approximate surface area is 113 Å². The zero-order valence-corrected chi connectivity index (χ0v) is 11.6. The highest BCUT2D eigenvalue weighted by Gasteiger charge is 2.07. The number of carbonyl (C=O) groups excluding carboxylic acids is 1. The first-order valence-corrected chi connectivity index (χ1v) is 5.69. The summed E-state index contributed by atoms with van der Waals surface area (Å²) < 4.78 is 0. The van der Waals surface area contributed by atoms with Gasteiger partial charge in [0.2, 0.25) is 5.91 Å². The van der Waals surface area contributed by atoms with E-state index in [4.69, 9.17) is 17.3 Å². The highest BCUT2D eigenvalue weighted by Crippen LogP contribution is 2.23. The Kier molecular flexibility index (Phi) is 7.19. The normalized spacial score (nSPS) is 11.5. The predicted octanol–water partition coefficient (Wildman–Crippen LogP) is 3.14. The first-order chi connectivity index (χ1) is 7.50. The summed E-state index contributed by atoms with van der Waals surface area (Å²) in [6.45, 7) is 3.77. The topological polar surface area (TPSA) is 55.1 Å². The molecule has 0 aliphatic carbocycles. The summed E-state index contributed by atoms with van der Waals surface area (Å²) in [5.41, 5.74) is 7.24. The van der Waals surface area contributed by atoms with Gasteiger partial charge in [0.15, 0.2) is 0 Å². The molecular formula is C12H18Cl2N2O. The molecule has 3 N–H and O–H groups in total. The summed E-state index contributed by atoms with van der Waals surface area (Å²) in [7, 11) is 0. The molecule has 1 atom stereocenters. The molecule has 17 heavy (non-hydrogen) atoms. The fraction of sp³-hybridized carbons (Fsp3) is 0.417. The predicted molar refractivity (Wildman–Crippen MR) is 75.0 cm³/mol. The minimum absolute atomic E-state index is 0. The molecule has 1 amide bonds. The fourth-order valence-electron chi connectivity index (χ4n) is 1.31. The third-order valence-corrected chi connectivity index (χ3v) is 2.78. The summed E-state index contributed by atoms with van der Waals surface area (Å²) in [6.07, 6.45) is 1.12. The maximum absolute atomic E-state index is 11.6. The van der Waals surface area contributed by atoms with Crippen LogP contribution in [0.25, 0.3) is 0 Å². The molecule has 0 bridgehead atoms. The van der Waals surface area contributed by atoms with E-state index in [-0.39, 0.29) is 24.4 Å². The van der Waals surface area contributed by atoms with Crippen molar-refractivity contribution in [3.63, 3.8) is 0 Å². The van der Waals surface area contributed by atoms with Crippen molar-refractivity contribution in [3.8, 4) is 0 Å². The third-order valence-electron chi connectivity index (χ3n) is 2.37. The number of anilines is 1. The Morgan fingerprint density at radius 3 is 2.76 bits per heavy atom. The van der Waals surface area contributed by atoms with Crippen LogP contribution in [-0.4, -0.2) is 11.9 Å². The van der Waals surface area contributed by atoms with Crippen LogP contribution in [0.2, 0.25) is 5.02 Å². The third kappa shape index (κ3) is 5.39. The van der Waals surface area contributed by atoms with Gasteiger partial charge in [-0.1, -0.05) is 17.7 Å². The van der Waals surface area contributed by atoms with E-state index in [0.29, 0.717) is 17.9 Å².